The smallest absolute Gasteiger partial charge is 0.387 e. The molecule has 0 saturated heterocycles. The van der Waals surface area contributed by atoms with Crippen molar-refractivity contribution in [2.45, 2.75) is 26.5 Å². The molecular weight excluding hydrogens is 373 g/mol. The van der Waals surface area contributed by atoms with E-state index in [2.05, 4.69) is 10.1 Å². The van der Waals surface area contributed by atoms with Crippen molar-refractivity contribution < 1.29 is 27.4 Å². The van der Waals surface area contributed by atoms with Gasteiger partial charge in [0.25, 0.3) is 0 Å². The molecule has 0 aromatic heterocycles. The molecule has 1 N–H and O–H groups in total. The second-order valence-corrected chi connectivity index (χ2v) is 6.14. The van der Waals surface area contributed by atoms with Crippen LogP contribution in [0.5, 0.6) is 11.5 Å². The molecule has 1 amide bonds. The SMILES string of the molecule is CCOc1cc(CN(C)CCC(=O)Nc2cccc(F)c2)ccc1OC(F)F. The molecule has 8 heteroatoms. The lowest BCUT2D eigenvalue weighted by Crippen LogP contribution is -2.24. The monoisotopic (exact) mass is 396 g/mol. The highest BCUT2D eigenvalue weighted by Gasteiger charge is 2.13. The van der Waals surface area contributed by atoms with Gasteiger partial charge in [-0.25, -0.2) is 4.39 Å². The average Bonchev–Trinajstić information content (AvgIpc) is 2.62. The summed E-state index contributed by atoms with van der Waals surface area (Å²) in [6.45, 7) is 0.0913. The second kappa shape index (κ2) is 10.6. The molecule has 0 aliphatic heterocycles. The van der Waals surface area contributed by atoms with Gasteiger partial charge in [0.2, 0.25) is 5.91 Å². The first-order valence-corrected chi connectivity index (χ1v) is 8.82. The van der Waals surface area contributed by atoms with Gasteiger partial charge >= 0.3 is 6.61 Å². The fourth-order valence-corrected chi connectivity index (χ4v) is 2.59. The molecular formula is C20H23F3N2O3. The van der Waals surface area contributed by atoms with E-state index in [4.69, 9.17) is 4.74 Å². The normalized spacial score (nSPS) is 11.0. The van der Waals surface area contributed by atoms with Gasteiger partial charge in [0.05, 0.1) is 6.61 Å². The molecule has 2 aromatic rings. The van der Waals surface area contributed by atoms with Crippen LogP contribution in [0.1, 0.15) is 18.9 Å². The number of alkyl halides is 2. The Morgan fingerprint density at radius 1 is 1.18 bits per heavy atom. The van der Waals surface area contributed by atoms with Crippen LogP contribution >= 0.6 is 0 Å². The molecule has 0 aliphatic rings. The number of anilines is 1. The van der Waals surface area contributed by atoms with Crippen LogP contribution in [-0.2, 0) is 11.3 Å². The molecule has 28 heavy (non-hydrogen) atoms. The average molecular weight is 396 g/mol. The number of rotatable bonds is 10. The molecule has 0 radical (unpaired) electrons. The Bertz CT molecular complexity index is 787. The summed E-state index contributed by atoms with van der Waals surface area (Å²) >= 11 is 0. The van der Waals surface area contributed by atoms with Gasteiger partial charge in [0.1, 0.15) is 5.82 Å². The van der Waals surface area contributed by atoms with Crippen LogP contribution in [0.25, 0.3) is 0 Å². The molecule has 0 spiro atoms. The van der Waals surface area contributed by atoms with E-state index in [9.17, 15) is 18.0 Å². The predicted molar refractivity (Wildman–Crippen MR) is 100 cm³/mol. The fourth-order valence-electron chi connectivity index (χ4n) is 2.59. The molecule has 0 heterocycles. The summed E-state index contributed by atoms with van der Waals surface area (Å²) < 4.78 is 47.9. The summed E-state index contributed by atoms with van der Waals surface area (Å²) in [5, 5.41) is 2.64. The van der Waals surface area contributed by atoms with E-state index < -0.39 is 12.4 Å². The quantitative estimate of drug-likeness (QED) is 0.651. The van der Waals surface area contributed by atoms with Crippen LogP contribution in [0.2, 0.25) is 0 Å². The van der Waals surface area contributed by atoms with Crippen molar-refractivity contribution in [1.29, 1.82) is 0 Å². The molecule has 0 bridgehead atoms. The third-order valence-corrected chi connectivity index (χ3v) is 3.81. The molecule has 0 aliphatic carbocycles. The summed E-state index contributed by atoms with van der Waals surface area (Å²) in [5.74, 6) is -0.414. The predicted octanol–water partition coefficient (Wildman–Crippen LogP) is 4.29. The third-order valence-electron chi connectivity index (χ3n) is 3.81. The number of nitrogens with one attached hydrogen (secondary N) is 1. The van der Waals surface area contributed by atoms with Crippen LogP contribution in [-0.4, -0.2) is 37.6 Å². The number of ether oxygens (including phenoxy) is 2. The lowest BCUT2D eigenvalue weighted by molar-refractivity contribution is -0.116. The Hall–Kier alpha value is -2.74. The zero-order valence-electron chi connectivity index (χ0n) is 15.8. The maximum absolute atomic E-state index is 13.1. The van der Waals surface area contributed by atoms with E-state index in [1.54, 1.807) is 25.1 Å². The highest BCUT2D eigenvalue weighted by atomic mass is 19.3. The van der Waals surface area contributed by atoms with Gasteiger partial charge in [-0.2, -0.15) is 8.78 Å². The summed E-state index contributed by atoms with van der Waals surface area (Å²) in [6, 6.07) is 10.4. The Morgan fingerprint density at radius 2 is 1.96 bits per heavy atom. The van der Waals surface area contributed by atoms with Crippen molar-refractivity contribution in [2.75, 3.05) is 25.5 Å². The maximum Gasteiger partial charge on any atom is 0.387 e. The third kappa shape index (κ3) is 7.11. The van der Waals surface area contributed by atoms with Crippen molar-refractivity contribution in [3.8, 4) is 11.5 Å². The summed E-state index contributed by atoms with van der Waals surface area (Å²) in [6.07, 6.45) is 0.220. The van der Waals surface area contributed by atoms with Gasteiger partial charge in [0, 0.05) is 25.2 Å². The van der Waals surface area contributed by atoms with Crippen molar-refractivity contribution in [3.63, 3.8) is 0 Å². The standard InChI is InChI=1S/C20H23F3N2O3/c1-3-27-18-11-14(7-8-17(18)28-20(22)23)13-25(2)10-9-19(26)24-16-6-4-5-15(21)12-16/h4-8,11-12,20H,3,9-10,13H2,1-2H3,(H,24,26). The Balaban J connectivity index is 1.88. The molecule has 0 atom stereocenters. The van der Waals surface area contributed by atoms with E-state index in [0.717, 1.165) is 5.56 Å². The van der Waals surface area contributed by atoms with E-state index in [1.807, 2.05) is 11.9 Å². The number of hydrogen-bond donors (Lipinski definition) is 1. The van der Waals surface area contributed by atoms with Crippen molar-refractivity contribution in [3.05, 3.63) is 53.8 Å². The van der Waals surface area contributed by atoms with E-state index in [1.165, 1.54) is 24.3 Å². The topological polar surface area (TPSA) is 50.8 Å². The molecule has 0 saturated carbocycles. The van der Waals surface area contributed by atoms with Gasteiger partial charge in [-0.15, -0.1) is 0 Å². The summed E-state index contributed by atoms with van der Waals surface area (Å²) in [5.41, 5.74) is 1.24. The minimum Gasteiger partial charge on any atom is -0.490 e. The van der Waals surface area contributed by atoms with Gasteiger partial charge in [-0.3, -0.25) is 4.79 Å². The zero-order valence-corrected chi connectivity index (χ0v) is 15.8. The summed E-state index contributed by atoms with van der Waals surface area (Å²) in [4.78, 5) is 13.9. The maximum atomic E-state index is 13.1. The van der Waals surface area contributed by atoms with Crippen molar-refractivity contribution >= 4 is 11.6 Å². The van der Waals surface area contributed by atoms with E-state index in [-0.39, 0.29) is 23.8 Å². The van der Waals surface area contributed by atoms with E-state index in [0.29, 0.717) is 25.4 Å². The van der Waals surface area contributed by atoms with Gasteiger partial charge in [0.15, 0.2) is 11.5 Å². The number of halogens is 3. The molecule has 2 aromatic carbocycles. The summed E-state index contributed by atoms with van der Waals surface area (Å²) in [7, 11) is 1.83. The second-order valence-electron chi connectivity index (χ2n) is 6.14. The Kier molecular flexibility index (Phi) is 8.13. The Labute approximate surface area is 162 Å². The van der Waals surface area contributed by atoms with Crippen molar-refractivity contribution in [1.82, 2.24) is 4.90 Å². The molecule has 2 rings (SSSR count). The highest BCUT2D eigenvalue weighted by molar-refractivity contribution is 5.90. The number of amides is 1. The van der Waals surface area contributed by atoms with Crippen LogP contribution in [0.3, 0.4) is 0 Å². The first-order chi connectivity index (χ1) is 13.4. The highest BCUT2D eigenvalue weighted by Crippen LogP contribution is 2.30. The molecule has 5 nitrogen and oxygen atoms in total. The molecule has 152 valence electrons. The number of carbonyl (C=O) groups is 1. The van der Waals surface area contributed by atoms with Crippen LogP contribution in [0.4, 0.5) is 18.9 Å². The molecule has 0 fully saturated rings. The minimum atomic E-state index is -2.93. The largest absolute Gasteiger partial charge is 0.490 e. The fraction of sp³-hybridized carbons (Fsp3) is 0.350. The lowest BCUT2D eigenvalue weighted by Gasteiger charge is -2.18. The Morgan fingerprint density at radius 3 is 2.64 bits per heavy atom. The van der Waals surface area contributed by atoms with Gasteiger partial charge < -0.3 is 19.7 Å². The van der Waals surface area contributed by atoms with Crippen LogP contribution < -0.4 is 14.8 Å². The van der Waals surface area contributed by atoms with Gasteiger partial charge in [-0.1, -0.05) is 12.1 Å². The molecule has 0 unspecified atom stereocenters. The van der Waals surface area contributed by atoms with Crippen LogP contribution in [0.15, 0.2) is 42.5 Å². The minimum absolute atomic E-state index is 0.0160. The van der Waals surface area contributed by atoms with E-state index >= 15 is 0 Å². The number of hydrogen-bond acceptors (Lipinski definition) is 4. The van der Waals surface area contributed by atoms with Gasteiger partial charge in [-0.05, 0) is 49.9 Å². The number of nitrogens with zero attached hydrogens (tertiary/aromatic N) is 1. The first kappa shape index (κ1) is 21.6. The number of benzene rings is 2. The van der Waals surface area contributed by atoms with Crippen LogP contribution in [0, 0.1) is 5.82 Å². The lowest BCUT2D eigenvalue weighted by atomic mass is 10.2. The van der Waals surface area contributed by atoms with Crippen molar-refractivity contribution in [2.24, 2.45) is 0 Å². The zero-order chi connectivity index (χ0) is 20.5. The number of carbonyl (C=O) groups excluding carboxylic acids is 1. The first-order valence-electron chi connectivity index (χ1n) is 8.82.